The highest BCUT2D eigenvalue weighted by atomic mass is 19.4. The second-order valence-corrected chi connectivity index (χ2v) is 4.24. The summed E-state index contributed by atoms with van der Waals surface area (Å²) in [7, 11) is 0. The molecule has 0 saturated heterocycles. The molecule has 0 radical (unpaired) electrons. The quantitative estimate of drug-likeness (QED) is 0.623. The Kier molecular flexibility index (Phi) is 8.74. The van der Waals surface area contributed by atoms with Crippen molar-refractivity contribution in [3.05, 3.63) is 0 Å². The van der Waals surface area contributed by atoms with Gasteiger partial charge in [0.05, 0.1) is 6.61 Å². The zero-order chi connectivity index (χ0) is 14.0. The lowest BCUT2D eigenvalue weighted by Gasteiger charge is -2.10. The first-order valence-electron chi connectivity index (χ1n) is 5.96. The molecule has 0 fully saturated rings. The fraction of sp³-hybridized carbons (Fsp3) is 0.909. The number of hydrogen-bond acceptors (Lipinski definition) is 3. The predicted molar refractivity (Wildman–Crippen MR) is 62.0 cm³/mol. The molecule has 0 bridgehead atoms. The lowest BCUT2D eigenvalue weighted by molar-refractivity contribution is -0.173. The average molecular weight is 270 g/mol. The van der Waals surface area contributed by atoms with Crippen LogP contribution in [0.4, 0.5) is 13.2 Å². The van der Waals surface area contributed by atoms with Crippen LogP contribution in [0.2, 0.25) is 0 Å². The molecule has 0 aromatic rings. The normalized spacial score (nSPS) is 13.4. The SMILES string of the molecule is CC(CCN)CCC(=O)NCCOCC(F)(F)F. The number of rotatable bonds is 9. The molecular formula is C11H21F3N2O2. The number of carbonyl (C=O) groups is 1. The molecule has 0 heterocycles. The molecule has 18 heavy (non-hydrogen) atoms. The van der Waals surface area contributed by atoms with Crippen LogP contribution in [0.1, 0.15) is 26.2 Å². The smallest absolute Gasteiger partial charge is 0.370 e. The number of hydrogen-bond donors (Lipinski definition) is 2. The van der Waals surface area contributed by atoms with E-state index in [-0.39, 0.29) is 19.1 Å². The molecular weight excluding hydrogens is 249 g/mol. The van der Waals surface area contributed by atoms with Gasteiger partial charge in [0.25, 0.3) is 0 Å². The number of ether oxygens (including phenoxy) is 1. The molecule has 0 aromatic carbocycles. The van der Waals surface area contributed by atoms with Crippen molar-refractivity contribution in [3.63, 3.8) is 0 Å². The molecule has 0 aliphatic carbocycles. The third-order valence-electron chi connectivity index (χ3n) is 2.36. The first-order chi connectivity index (χ1) is 8.35. The van der Waals surface area contributed by atoms with Crippen molar-refractivity contribution in [2.75, 3.05) is 26.3 Å². The molecule has 0 aliphatic heterocycles. The predicted octanol–water partition coefficient (Wildman–Crippen LogP) is 1.45. The molecule has 4 nitrogen and oxygen atoms in total. The van der Waals surface area contributed by atoms with Crippen molar-refractivity contribution in [2.24, 2.45) is 11.7 Å². The molecule has 1 atom stereocenters. The number of nitrogens with one attached hydrogen (secondary N) is 1. The van der Waals surface area contributed by atoms with Gasteiger partial charge in [-0.3, -0.25) is 4.79 Å². The van der Waals surface area contributed by atoms with E-state index < -0.39 is 12.8 Å². The maximum atomic E-state index is 11.7. The van der Waals surface area contributed by atoms with Crippen molar-refractivity contribution in [2.45, 2.75) is 32.4 Å². The van der Waals surface area contributed by atoms with Crippen LogP contribution in [0, 0.1) is 5.92 Å². The molecule has 1 unspecified atom stereocenters. The maximum Gasteiger partial charge on any atom is 0.411 e. The van der Waals surface area contributed by atoms with Crippen LogP contribution in [0.25, 0.3) is 0 Å². The van der Waals surface area contributed by atoms with Gasteiger partial charge in [0, 0.05) is 13.0 Å². The lowest BCUT2D eigenvalue weighted by atomic mass is 10.0. The summed E-state index contributed by atoms with van der Waals surface area (Å²) in [5.74, 6) is 0.205. The summed E-state index contributed by atoms with van der Waals surface area (Å²) in [6.45, 7) is 1.28. The Labute approximate surface area is 105 Å². The molecule has 108 valence electrons. The topological polar surface area (TPSA) is 64.4 Å². The van der Waals surface area contributed by atoms with Crippen LogP contribution in [0.5, 0.6) is 0 Å². The Bertz CT molecular complexity index is 235. The minimum atomic E-state index is -4.32. The number of halogens is 3. The highest BCUT2D eigenvalue weighted by Crippen LogP contribution is 2.14. The van der Waals surface area contributed by atoms with Gasteiger partial charge in [-0.1, -0.05) is 6.92 Å². The van der Waals surface area contributed by atoms with E-state index in [2.05, 4.69) is 10.1 Å². The van der Waals surface area contributed by atoms with Crippen LogP contribution in [-0.4, -0.2) is 38.4 Å². The molecule has 0 rings (SSSR count). The zero-order valence-electron chi connectivity index (χ0n) is 10.6. The van der Waals surface area contributed by atoms with Gasteiger partial charge in [0.2, 0.25) is 5.91 Å². The molecule has 7 heteroatoms. The van der Waals surface area contributed by atoms with Crippen LogP contribution in [0.3, 0.4) is 0 Å². The van der Waals surface area contributed by atoms with Crippen LogP contribution < -0.4 is 11.1 Å². The van der Waals surface area contributed by atoms with E-state index in [0.29, 0.717) is 18.9 Å². The maximum absolute atomic E-state index is 11.7. The monoisotopic (exact) mass is 270 g/mol. The second kappa shape index (κ2) is 9.16. The molecule has 3 N–H and O–H groups in total. The summed E-state index contributed by atoms with van der Waals surface area (Å²) in [5, 5.41) is 2.50. The number of alkyl halides is 3. The molecule has 0 aromatic heterocycles. The van der Waals surface area contributed by atoms with Gasteiger partial charge in [0.1, 0.15) is 6.61 Å². The summed E-state index contributed by atoms with van der Waals surface area (Å²) in [6.07, 6.45) is -2.36. The van der Waals surface area contributed by atoms with Gasteiger partial charge in [-0.25, -0.2) is 0 Å². The lowest BCUT2D eigenvalue weighted by Crippen LogP contribution is -2.29. The Morgan fingerprint density at radius 2 is 2.06 bits per heavy atom. The Morgan fingerprint density at radius 1 is 1.39 bits per heavy atom. The molecule has 0 saturated carbocycles. The van der Waals surface area contributed by atoms with E-state index in [1.807, 2.05) is 6.92 Å². The highest BCUT2D eigenvalue weighted by Gasteiger charge is 2.27. The van der Waals surface area contributed by atoms with Crippen molar-refractivity contribution >= 4 is 5.91 Å². The highest BCUT2D eigenvalue weighted by molar-refractivity contribution is 5.75. The minimum absolute atomic E-state index is 0.0974. The van der Waals surface area contributed by atoms with E-state index in [4.69, 9.17) is 5.73 Å². The minimum Gasteiger partial charge on any atom is -0.370 e. The van der Waals surface area contributed by atoms with Gasteiger partial charge in [-0.2, -0.15) is 13.2 Å². The van der Waals surface area contributed by atoms with Gasteiger partial charge in [0.15, 0.2) is 0 Å². The van der Waals surface area contributed by atoms with E-state index in [0.717, 1.165) is 12.8 Å². The number of carbonyl (C=O) groups excluding carboxylic acids is 1. The van der Waals surface area contributed by atoms with Crippen molar-refractivity contribution in [1.82, 2.24) is 5.32 Å². The molecule has 0 aliphatic rings. The van der Waals surface area contributed by atoms with Gasteiger partial charge < -0.3 is 15.8 Å². The van der Waals surface area contributed by atoms with Gasteiger partial charge in [-0.15, -0.1) is 0 Å². The second-order valence-electron chi connectivity index (χ2n) is 4.24. The van der Waals surface area contributed by atoms with Gasteiger partial charge in [-0.05, 0) is 25.3 Å². The van der Waals surface area contributed by atoms with Crippen LogP contribution in [0.15, 0.2) is 0 Å². The van der Waals surface area contributed by atoms with E-state index in [1.165, 1.54) is 0 Å². The number of amides is 1. The molecule has 1 amide bonds. The van der Waals surface area contributed by atoms with Crippen molar-refractivity contribution < 1.29 is 22.7 Å². The summed E-state index contributed by atoms with van der Waals surface area (Å²) >= 11 is 0. The average Bonchev–Trinajstić information content (AvgIpc) is 2.25. The van der Waals surface area contributed by atoms with E-state index >= 15 is 0 Å². The van der Waals surface area contributed by atoms with E-state index in [1.54, 1.807) is 0 Å². The largest absolute Gasteiger partial charge is 0.411 e. The standard InChI is InChI=1S/C11H21F3N2O2/c1-9(4-5-15)2-3-10(17)16-6-7-18-8-11(12,13)14/h9H,2-8,15H2,1H3,(H,16,17). The zero-order valence-corrected chi connectivity index (χ0v) is 10.6. The van der Waals surface area contributed by atoms with E-state index in [9.17, 15) is 18.0 Å². The fourth-order valence-corrected chi connectivity index (χ4v) is 1.35. The third-order valence-corrected chi connectivity index (χ3v) is 2.36. The Hall–Kier alpha value is -0.820. The Balaban J connectivity index is 3.43. The fourth-order valence-electron chi connectivity index (χ4n) is 1.35. The summed E-state index contributed by atoms with van der Waals surface area (Å²) in [6, 6.07) is 0. The van der Waals surface area contributed by atoms with Crippen molar-refractivity contribution in [3.8, 4) is 0 Å². The van der Waals surface area contributed by atoms with Crippen molar-refractivity contribution in [1.29, 1.82) is 0 Å². The third kappa shape index (κ3) is 11.7. The van der Waals surface area contributed by atoms with Crippen LogP contribution in [-0.2, 0) is 9.53 Å². The first-order valence-corrected chi connectivity index (χ1v) is 5.96. The first kappa shape index (κ1) is 17.2. The Morgan fingerprint density at radius 3 is 2.61 bits per heavy atom. The van der Waals surface area contributed by atoms with Gasteiger partial charge >= 0.3 is 6.18 Å². The summed E-state index contributed by atoms with van der Waals surface area (Å²) in [4.78, 5) is 11.3. The summed E-state index contributed by atoms with van der Waals surface area (Å²) in [5.41, 5.74) is 5.38. The number of nitrogens with two attached hydrogens (primary N) is 1. The molecule has 0 spiro atoms. The van der Waals surface area contributed by atoms with Crippen LogP contribution >= 0.6 is 0 Å². The summed E-state index contributed by atoms with van der Waals surface area (Å²) < 4.78 is 39.5.